The van der Waals surface area contributed by atoms with E-state index >= 15 is 0 Å². The molecule has 0 fully saturated rings. The van der Waals surface area contributed by atoms with Crippen molar-refractivity contribution in [3.63, 3.8) is 0 Å². The zero-order valence-corrected chi connectivity index (χ0v) is 10.1. The summed E-state index contributed by atoms with van der Waals surface area (Å²) in [6.45, 7) is 2.59. The number of imidazole rings is 1. The van der Waals surface area contributed by atoms with Gasteiger partial charge in [0.2, 0.25) is 0 Å². The Morgan fingerprint density at radius 1 is 1.50 bits per heavy atom. The third kappa shape index (κ3) is 2.85. The maximum Gasteiger partial charge on any atom is 0.253 e. The Bertz CT molecular complexity index is 523. The maximum atomic E-state index is 12.0. The fourth-order valence-corrected chi connectivity index (χ4v) is 1.67. The van der Waals surface area contributed by atoms with E-state index in [1.165, 1.54) is 6.20 Å². The van der Waals surface area contributed by atoms with Crippen molar-refractivity contribution in [2.75, 3.05) is 5.73 Å². The highest BCUT2D eigenvalue weighted by Crippen LogP contribution is 2.08. The summed E-state index contributed by atoms with van der Waals surface area (Å²) >= 11 is 0. The number of carbonyl (C=O) groups excluding carboxylic acids is 1. The Labute approximate surface area is 105 Å². The van der Waals surface area contributed by atoms with Crippen LogP contribution < -0.4 is 11.1 Å². The Kier molecular flexibility index (Phi) is 3.57. The van der Waals surface area contributed by atoms with E-state index in [1.54, 1.807) is 24.8 Å². The number of carbonyl (C=O) groups is 1. The second-order valence-corrected chi connectivity index (χ2v) is 4.10. The van der Waals surface area contributed by atoms with Crippen LogP contribution in [0.5, 0.6) is 0 Å². The van der Waals surface area contributed by atoms with Gasteiger partial charge in [0.05, 0.1) is 23.8 Å². The summed E-state index contributed by atoms with van der Waals surface area (Å²) < 4.78 is 1.90. The quantitative estimate of drug-likeness (QED) is 0.829. The molecule has 2 aromatic heterocycles. The smallest absolute Gasteiger partial charge is 0.253 e. The number of nitrogens with zero attached hydrogens (tertiary/aromatic N) is 3. The molecule has 0 aliphatic carbocycles. The van der Waals surface area contributed by atoms with Crippen LogP contribution in [0.1, 0.15) is 17.3 Å². The number of nitrogen functional groups attached to an aromatic ring is 1. The zero-order valence-electron chi connectivity index (χ0n) is 10.1. The molecule has 6 heteroatoms. The van der Waals surface area contributed by atoms with Gasteiger partial charge in [-0.15, -0.1) is 0 Å². The van der Waals surface area contributed by atoms with Crippen LogP contribution in [0, 0.1) is 0 Å². The molecule has 0 spiro atoms. The van der Waals surface area contributed by atoms with Crippen LogP contribution in [0.2, 0.25) is 0 Å². The van der Waals surface area contributed by atoms with E-state index in [0.717, 1.165) is 0 Å². The maximum absolute atomic E-state index is 12.0. The Morgan fingerprint density at radius 3 is 3.00 bits per heavy atom. The first-order valence-corrected chi connectivity index (χ1v) is 5.63. The van der Waals surface area contributed by atoms with Gasteiger partial charge in [-0.3, -0.25) is 9.78 Å². The first-order valence-electron chi connectivity index (χ1n) is 5.63. The predicted octanol–water partition coefficient (Wildman–Crippen LogP) is 0.679. The number of aromatic nitrogens is 3. The minimum absolute atomic E-state index is 0.0146. The second-order valence-electron chi connectivity index (χ2n) is 4.10. The van der Waals surface area contributed by atoms with Gasteiger partial charge in [-0.1, -0.05) is 0 Å². The highest BCUT2D eigenvalue weighted by atomic mass is 16.1. The zero-order chi connectivity index (χ0) is 13.0. The van der Waals surface area contributed by atoms with Crippen LogP contribution in [0.4, 0.5) is 5.69 Å². The Hall–Kier alpha value is -2.37. The van der Waals surface area contributed by atoms with Gasteiger partial charge in [0, 0.05) is 31.2 Å². The fraction of sp³-hybridized carbons (Fsp3) is 0.250. The van der Waals surface area contributed by atoms with E-state index < -0.39 is 0 Å². The number of anilines is 1. The van der Waals surface area contributed by atoms with Crippen LogP contribution in [-0.4, -0.2) is 26.5 Å². The van der Waals surface area contributed by atoms with Crippen molar-refractivity contribution in [3.05, 3.63) is 42.7 Å². The van der Waals surface area contributed by atoms with E-state index in [9.17, 15) is 4.79 Å². The molecule has 2 rings (SSSR count). The molecule has 94 valence electrons. The molecular formula is C12H15N5O. The van der Waals surface area contributed by atoms with E-state index in [2.05, 4.69) is 15.3 Å². The summed E-state index contributed by atoms with van der Waals surface area (Å²) in [5.74, 6) is -0.192. The van der Waals surface area contributed by atoms with Gasteiger partial charge in [-0.2, -0.15) is 0 Å². The summed E-state index contributed by atoms with van der Waals surface area (Å²) in [6, 6.07) is 1.59. The topological polar surface area (TPSA) is 85.8 Å². The van der Waals surface area contributed by atoms with Crippen molar-refractivity contribution in [2.24, 2.45) is 0 Å². The summed E-state index contributed by atoms with van der Waals surface area (Å²) in [5, 5.41) is 2.88. The van der Waals surface area contributed by atoms with E-state index in [1.807, 2.05) is 17.7 Å². The number of hydrogen-bond donors (Lipinski definition) is 2. The van der Waals surface area contributed by atoms with E-state index in [-0.39, 0.29) is 11.9 Å². The largest absolute Gasteiger partial charge is 0.397 e. The molecule has 6 nitrogen and oxygen atoms in total. The molecule has 0 radical (unpaired) electrons. The first kappa shape index (κ1) is 12.1. The molecule has 2 heterocycles. The van der Waals surface area contributed by atoms with Crippen LogP contribution in [0.25, 0.3) is 0 Å². The molecule has 3 N–H and O–H groups in total. The summed E-state index contributed by atoms with van der Waals surface area (Å²) in [7, 11) is 0. The van der Waals surface area contributed by atoms with Crippen LogP contribution in [0.3, 0.4) is 0 Å². The third-order valence-electron chi connectivity index (χ3n) is 2.52. The lowest BCUT2D eigenvalue weighted by atomic mass is 10.2. The molecule has 0 aliphatic rings. The number of rotatable bonds is 4. The first-order chi connectivity index (χ1) is 8.66. The molecule has 18 heavy (non-hydrogen) atoms. The molecule has 0 saturated carbocycles. The molecular weight excluding hydrogens is 230 g/mol. The van der Waals surface area contributed by atoms with Crippen molar-refractivity contribution in [1.82, 2.24) is 19.9 Å². The second kappa shape index (κ2) is 5.31. The number of amides is 1. The monoisotopic (exact) mass is 245 g/mol. The van der Waals surface area contributed by atoms with Crippen molar-refractivity contribution < 1.29 is 4.79 Å². The summed E-state index contributed by atoms with van der Waals surface area (Å²) in [6.07, 6.45) is 8.28. The van der Waals surface area contributed by atoms with Gasteiger partial charge >= 0.3 is 0 Å². The van der Waals surface area contributed by atoms with Crippen LogP contribution >= 0.6 is 0 Å². The standard InChI is InChI=1S/C12H15N5O/c1-9(7-17-5-4-15-8-17)16-12(18)10-2-3-14-6-11(10)13/h2-6,8-9H,7,13H2,1H3,(H,16,18). The van der Waals surface area contributed by atoms with E-state index in [4.69, 9.17) is 5.73 Å². The van der Waals surface area contributed by atoms with Crippen LogP contribution in [0.15, 0.2) is 37.2 Å². The average molecular weight is 245 g/mol. The number of nitrogens with two attached hydrogens (primary N) is 1. The van der Waals surface area contributed by atoms with Gasteiger partial charge in [0.15, 0.2) is 0 Å². The van der Waals surface area contributed by atoms with Crippen LogP contribution in [-0.2, 0) is 6.54 Å². The van der Waals surface area contributed by atoms with Gasteiger partial charge in [0.1, 0.15) is 0 Å². The van der Waals surface area contributed by atoms with Gasteiger partial charge in [-0.25, -0.2) is 4.98 Å². The van der Waals surface area contributed by atoms with Gasteiger partial charge in [0.25, 0.3) is 5.91 Å². The Balaban J connectivity index is 1.97. The Morgan fingerprint density at radius 2 is 2.33 bits per heavy atom. The number of nitrogens with one attached hydrogen (secondary N) is 1. The lowest BCUT2D eigenvalue weighted by molar-refractivity contribution is 0.0937. The molecule has 0 aliphatic heterocycles. The van der Waals surface area contributed by atoms with Gasteiger partial charge in [-0.05, 0) is 13.0 Å². The highest BCUT2D eigenvalue weighted by Gasteiger charge is 2.12. The van der Waals surface area contributed by atoms with Crippen molar-refractivity contribution in [1.29, 1.82) is 0 Å². The average Bonchev–Trinajstić information content (AvgIpc) is 2.82. The van der Waals surface area contributed by atoms with Crippen molar-refractivity contribution >= 4 is 11.6 Å². The minimum Gasteiger partial charge on any atom is -0.397 e. The molecule has 0 bridgehead atoms. The SMILES string of the molecule is CC(Cn1ccnc1)NC(=O)c1ccncc1N. The fourth-order valence-electron chi connectivity index (χ4n) is 1.67. The third-order valence-corrected chi connectivity index (χ3v) is 2.52. The minimum atomic E-state index is -0.192. The molecule has 0 saturated heterocycles. The predicted molar refractivity (Wildman–Crippen MR) is 67.8 cm³/mol. The summed E-state index contributed by atoms with van der Waals surface area (Å²) in [5.41, 5.74) is 6.52. The normalized spacial score (nSPS) is 12.1. The highest BCUT2D eigenvalue weighted by molar-refractivity contribution is 5.98. The molecule has 0 aromatic carbocycles. The molecule has 1 unspecified atom stereocenters. The lowest BCUT2D eigenvalue weighted by Gasteiger charge is -2.15. The lowest BCUT2D eigenvalue weighted by Crippen LogP contribution is -2.35. The van der Waals surface area contributed by atoms with Gasteiger partial charge < -0.3 is 15.6 Å². The summed E-state index contributed by atoms with van der Waals surface area (Å²) in [4.78, 5) is 19.8. The van der Waals surface area contributed by atoms with E-state index in [0.29, 0.717) is 17.8 Å². The van der Waals surface area contributed by atoms with Crippen molar-refractivity contribution in [2.45, 2.75) is 19.5 Å². The molecule has 1 amide bonds. The molecule has 1 atom stereocenters. The molecule has 2 aromatic rings. The number of hydrogen-bond acceptors (Lipinski definition) is 4. The van der Waals surface area contributed by atoms with Crippen molar-refractivity contribution in [3.8, 4) is 0 Å². The number of pyridine rings is 1.